The van der Waals surface area contributed by atoms with Crippen molar-refractivity contribution in [3.05, 3.63) is 47.4 Å². The van der Waals surface area contributed by atoms with Crippen molar-refractivity contribution in [1.29, 1.82) is 0 Å². The molecule has 21 heavy (non-hydrogen) atoms. The highest BCUT2D eigenvalue weighted by Crippen LogP contribution is 2.32. The van der Waals surface area contributed by atoms with E-state index in [1.54, 1.807) is 24.6 Å². The van der Waals surface area contributed by atoms with Crippen molar-refractivity contribution < 1.29 is 9.15 Å². The molecule has 2 aromatic heterocycles. The number of benzene rings is 1. The first kappa shape index (κ1) is 13.9. The van der Waals surface area contributed by atoms with Crippen molar-refractivity contribution in [2.24, 2.45) is 0 Å². The van der Waals surface area contributed by atoms with Gasteiger partial charge in [-0.05, 0) is 30.8 Å². The molecule has 0 fully saturated rings. The Bertz CT molecular complexity index is 758. The van der Waals surface area contributed by atoms with Gasteiger partial charge in [0.15, 0.2) is 5.75 Å². The molecule has 1 aromatic carbocycles. The number of aromatic nitrogens is 2. The first-order valence-electron chi connectivity index (χ1n) is 6.64. The van der Waals surface area contributed by atoms with E-state index in [2.05, 4.69) is 15.3 Å². The van der Waals surface area contributed by atoms with Crippen LogP contribution in [0.2, 0.25) is 5.02 Å². The highest BCUT2D eigenvalue weighted by Gasteiger charge is 2.11. The largest absolute Gasteiger partial charge is 0.417 e. The van der Waals surface area contributed by atoms with Crippen molar-refractivity contribution in [2.45, 2.75) is 13.5 Å². The highest BCUT2D eigenvalue weighted by atomic mass is 35.5. The highest BCUT2D eigenvalue weighted by molar-refractivity contribution is 6.35. The average Bonchev–Trinajstić information content (AvgIpc) is 2.96. The van der Waals surface area contributed by atoms with Crippen LogP contribution in [0.25, 0.3) is 10.9 Å². The van der Waals surface area contributed by atoms with Gasteiger partial charge >= 0.3 is 6.08 Å². The minimum Gasteiger partial charge on any atom is -0.417 e. The first-order valence-corrected chi connectivity index (χ1v) is 7.02. The summed E-state index contributed by atoms with van der Waals surface area (Å²) < 4.78 is 11.0. The van der Waals surface area contributed by atoms with Gasteiger partial charge in [0, 0.05) is 18.1 Å². The molecule has 0 aliphatic heterocycles. The maximum Gasteiger partial charge on any atom is 0.399 e. The third-order valence-corrected chi connectivity index (χ3v) is 3.29. The molecule has 0 amide bonds. The lowest BCUT2D eigenvalue weighted by Gasteiger charge is -2.05. The van der Waals surface area contributed by atoms with Crippen LogP contribution < -0.4 is 10.1 Å². The molecule has 3 rings (SSSR count). The van der Waals surface area contributed by atoms with Crippen LogP contribution in [0, 0.1) is 0 Å². The van der Waals surface area contributed by atoms with Crippen molar-refractivity contribution >= 4 is 22.5 Å². The summed E-state index contributed by atoms with van der Waals surface area (Å²) in [7, 11) is 0. The molecule has 0 bridgehead atoms. The number of oxazole rings is 1. The van der Waals surface area contributed by atoms with Crippen LogP contribution in [-0.2, 0) is 6.54 Å². The van der Waals surface area contributed by atoms with Gasteiger partial charge < -0.3 is 14.5 Å². The third-order valence-electron chi connectivity index (χ3n) is 2.96. The Labute approximate surface area is 126 Å². The van der Waals surface area contributed by atoms with Crippen LogP contribution in [0.4, 0.5) is 0 Å². The predicted molar refractivity (Wildman–Crippen MR) is 80.7 cm³/mol. The van der Waals surface area contributed by atoms with E-state index in [-0.39, 0.29) is 6.08 Å². The number of ether oxygens (including phenoxy) is 1. The van der Waals surface area contributed by atoms with Crippen molar-refractivity contribution in [3.8, 4) is 11.8 Å². The summed E-state index contributed by atoms with van der Waals surface area (Å²) in [5.74, 6) is 0.562. The number of hydrogen-bond donors (Lipinski definition) is 1. The summed E-state index contributed by atoms with van der Waals surface area (Å²) in [6.07, 6.45) is 3.46. The van der Waals surface area contributed by atoms with Gasteiger partial charge in [0.25, 0.3) is 0 Å². The first-order chi connectivity index (χ1) is 10.3. The van der Waals surface area contributed by atoms with E-state index in [0.29, 0.717) is 22.8 Å². The second-order valence-corrected chi connectivity index (χ2v) is 4.84. The zero-order valence-electron chi connectivity index (χ0n) is 11.5. The Morgan fingerprint density at radius 3 is 3.10 bits per heavy atom. The van der Waals surface area contributed by atoms with E-state index in [9.17, 15) is 0 Å². The summed E-state index contributed by atoms with van der Waals surface area (Å²) in [5, 5.41) is 4.63. The molecule has 0 unspecified atom stereocenters. The van der Waals surface area contributed by atoms with Gasteiger partial charge in [-0.15, -0.1) is 0 Å². The van der Waals surface area contributed by atoms with Crippen LogP contribution in [0.3, 0.4) is 0 Å². The van der Waals surface area contributed by atoms with Crippen LogP contribution in [0.5, 0.6) is 11.8 Å². The fourth-order valence-corrected chi connectivity index (χ4v) is 2.17. The molecule has 0 aliphatic carbocycles. The Morgan fingerprint density at radius 2 is 2.24 bits per heavy atom. The second-order valence-electron chi connectivity index (χ2n) is 4.43. The van der Waals surface area contributed by atoms with Crippen LogP contribution in [-0.4, -0.2) is 16.5 Å². The van der Waals surface area contributed by atoms with Crippen LogP contribution >= 0.6 is 11.6 Å². The summed E-state index contributed by atoms with van der Waals surface area (Å²) in [6, 6.07) is 7.25. The third kappa shape index (κ3) is 2.99. The molecule has 3 aromatic rings. The van der Waals surface area contributed by atoms with E-state index in [1.807, 2.05) is 19.1 Å². The number of nitrogens with zero attached hydrogens (tertiary/aromatic N) is 2. The lowest BCUT2D eigenvalue weighted by atomic mass is 10.2. The minimum absolute atomic E-state index is 0.192. The van der Waals surface area contributed by atoms with Crippen molar-refractivity contribution in [2.75, 3.05) is 6.54 Å². The fraction of sp³-hybridized carbons (Fsp3) is 0.200. The monoisotopic (exact) mass is 303 g/mol. The minimum atomic E-state index is 0.192. The number of rotatable bonds is 5. The van der Waals surface area contributed by atoms with Gasteiger partial charge in [-0.3, -0.25) is 4.98 Å². The van der Waals surface area contributed by atoms with E-state index in [4.69, 9.17) is 20.8 Å². The zero-order valence-corrected chi connectivity index (χ0v) is 12.2. The lowest BCUT2D eigenvalue weighted by Crippen LogP contribution is -2.11. The summed E-state index contributed by atoms with van der Waals surface area (Å²) in [4.78, 5) is 8.56. The Hall–Kier alpha value is -2.11. The van der Waals surface area contributed by atoms with Gasteiger partial charge in [-0.2, -0.15) is 4.98 Å². The molecule has 6 heteroatoms. The molecule has 2 heterocycles. The zero-order chi connectivity index (χ0) is 14.7. The maximum atomic E-state index is 6.15. The van der Waals surface area contributed by atoms with Gasteiger partial charge in [0.2, 0.25) is 0 Å². The molecule has 0 radical (unpaired) electrons. The van der Waals surface area contributed by atoms with Gasteiger partial charge in [0.05, 0.1) is 10.7 Å². The quantitative estimate of drug-likeness (QED) is 0.777. The standard InChI is InChI=1S/C15H14ClN3O2/c1-2-17-8-10-9-20-15(19-10)21-13-6-5-12(16)11-4-3-7-18-14(11)13/h3-7,9,17H,2,8H2,1H3. The number of pyridine rings is 1. The number of nitrogens with one attached hydrogen (secondary N) is 1. The molecule has 5 nitrogen and oxygen atoms in total. The molecule has 0 saturated heterocycles. The Balaban J connectivity index is 1.88. The predicted octanol–water partition coefficient (Wildman–Crippen LogP) is 3.78. The van der Waals surface area contributed by atoms with Gasteiger partial charge in [0.1, 0.15) is 11.8 Å². The molecular formula is C15H14ClN3O2. The molecule has 0 spiro atoms. The van der Waals surface area contributed by atoms with Crippen molar-refractivity contribution in [1.82, 2.24) is 15.3 Å². The molecule has 0 saturated carbocycles. The number of halogens is 1. The maximum absolute atomic E-state index is 6.15. The number of hydrogen-bond acceptors (Lipinski definition) is 5. The average molecular weight is 304 g/mol. The molecule has 0 atom stereocenters. The second kappa shape index (κ2) is 6.11. The fourth-order valence-electron chi connectivity index (χ4n) is 1.96. The summed E-state index contributed by atoms with van der Waals surface area (Å²) in [6.45, 7) is 3.54. The van der Waals surface area contributed by atoms with E-state index < -0.39 is 0 Å². The SMILES string of the molecule is CCNCc1coc(Oc2ccc(Cl)c3cccnc23)n1. The van der Waals surface area contributed by atoms with E-state index in [0.717, 1.165) is 17.6 Å². The normalized spacial score (nSPS) is 11.0. The topological polar surface area (TPSA) is 60.2 Å². The Kier molecular flexibility index (Phi) is 4.03. The van der Waals surface area contributed by atoms with Crippen molar-refractivity contribution in [3.63, 3.8) is 0 Å². The smallest absolute Gasteiger partial charge is 0.399 e. The number of fused-ring (bicyclic) bond motifs is 1. The van der Waals surface area contributed by atoms with Crippen LogP contribution in [0.1, 0.15) is 12.6 Å². The Morgan fingerprint density at radius 1 is 1.33 bits per heavy atom. The molecule has 1 N–H and O–H groups in total. The van der Waals surface area contributed by atoms with E-state index in [1.165, 1.54) is 0 Å². The van der Waals surface area contributed by atoms with E-state index >= 15 is 0 Å². The molecular weight excluding hydrogens is 290 g/mol. The van der Waals surface area contributed by atoms with Gasteiger partial charge in [-0.25, -0.2) is 0 Å². The summed E-state index contributed by atoms with van der Waals surface area (Å²) in [5.41, 5.74) is 1.47. The van der Waals surface area contributed by atoms with Crippen LogP contribution in [0.15, 0.2) is 41.1 Å². The lowest BCUT2D eigenvalue weighted by molar-refractivity contribution is 0.333. The summed E-state index contributed by atoms with van der Waals surface area (Å²) >= 11 is 6.15. The molecule has 0 aliphatic rings. The molecule has 108 valence electrons. The van der Waals surface area contributed by atoms with Gasteiger partial charge in [-0.1, -0.05) is 18.5 Å².